The molecule has 1 rings (SSSR count). The first-order chi connectivity index (χ1) is 9.39. The molecule has 5 nitrogen and oxygen atoms in total. The molecule has 6 heteroatoms. The van der Waals surface area contributed by atoms with Crippen molar-refractivity contribution < 1.29 is 14.6 Å². The molecule has 2 N–H and O–H groups in total. The van der Waals surface area contributed by atoms with Crippen molar-refractivity contribution in [3.63, 3.8) is 0 Å². The summed E-state index contributed by atoms with van der Waals surface area (Å²) >= 11 is 5.94. The van der Waals surface area contributed by atoms with E-state index >= 15 is 0 Å². The Kier molecular flexibility index (Phi) is 6.52. The van der Waals surface area contributed by atoms with Crippen LogP contribution in [0, 0.1) is 0 Å². The Morgan fingerprint density at radius 1 is 1.60 bits per heavy atom. The Labute approximate surface area is 124 Å². The zero-order valence-electron chi connectivity index (χ0n) is 12.3. The molecule has 0 aliphatic carbocycles. The second kappa shape index (κ2) is 7.67. The normalized spacial score (nSPS) is 14.1. The van der Waals surface area contributed by atoms with Crippen molar-refractivity contribution in [1.82, 2.24) is 9.88 Å². The van der Waals surface area contributed by atoms with Crippen molar-refractivity contribution in [2.24, 2.45) is 0 Å². The molecule has 0 spiro atoms. The summed E-state index contributed by atoms with van der Waals surface area (Å²) in [4.78, 5) is 12.1. The zero-order valence-corrected chi connectivity index (χ0v) is 13.0. The van der Waals surface area contributed by atoms with E-state index in [4.69, 9.17) is 16.3 Å². The fraction of sp³-hybridized carbons (Fsp3) is 0.643. The van der Waals surface area contributed by atoms with E-state index in [9.17, 15) is 9.90 Å². The van der Waals surface area contributed by atoms with E-state index in [1.807, 2.05) is 11.5 Å². The molecule has 20 heavy (non-hydrogen) atoms. The van der Waals surface area contributed by atoms with Gasteiger partial charge in [0.05, 0.1) is 10.6 Å². The van der Waals surface area contributed by atoms with Gasteiger partial charge in [-0.1, -0.05) is 18.5 Å². The van der Waals surface area contributed by atoms with E-state index in [1.165, 1.54) is 0 Å². The second-order valence-corrected chi connectivity index (χ2v) is 5.60. The number of carbonyl (C=O) groups is 1. The van der Waals surface area contributed by atoms with Gasteiger partial charge in [0, 0.05) is 39.4 Å². The lowest BCUT2D eigenvalue weighted by atomic mass is 10.0. The first kappa shape index (κ1) is 17.0. The predicted molar refractivity (Wildman–Crippen MR) is 79.2 cm³/mol. The van der Waals surface area contributed by atoms with Gasteiger partial charge in [0.2, 0.25) is 0 Å². The van der Waals surface area contributed by atoms with Gasteiger partial charge in [-0.2, -0.15) is 0 Å². The number of methoxy groups -OCH3 is 1. The van der Waals surface area contributed by atoms with Crippen molar-refractivity contribution in [1.29, 1.82) is 0 Å². The maximum atomic E-state index is 12.1. The van der Waals surface area contributed by atoms with Gasteiger partial charge in [0.15, 0.2) is 0 Å². The summed E-state index contributed by atoms with van der Waals surface area (Å²) in [6.07, 6.45) is 3.11. The summed E-state index contributed by atoms with van der Waals surface area (Å²) < 4.78 is 6.75. The summed E-state index contributed by atoms with van der Waals surface area (Å²) in [7, 11) is 1.58. The molecule has 1 heterocycles. The molecule has 1 amide bonds. The summed E-state index contributed by atoms with van der Waals surface area (Å²) in [6, 6.07) is 1.64. The second-order valence-electron chi connectivity index (χ2n) is 5.16. The average Bonchev–Trinajstić information content (AvgIpc) is 2.75. The Hall–Kier alpha value is -1.04. The Morgan fingerprint density at radius 3 is 2.90 bits per heavy atom. The summed E-state index contributed by atoms with van der Waals surface area (Å²) in [6.45, 7) is 5.05. The fourth-order valence-corrected chi connectivity index (χ4v) is 2.08. The maximum Gasteiger partial charge on any atom is 0.268 e. The smallest absolute Gasteiger partial charge is 0.268 e. The van der Waals surface area contributed by atoms with Crippen LogP contribution in [0.4, 0.5) is 0 Å². The van der Waals surface area contributed by atoms with Crippen LogP contribution in [-0.4, -0.2) is 41.4 Å². The fourth-order valence-electron chi connectivity index (χ4n) is 1.86. The van der Waals surface area contributed by atoms with Crippen LogP contribution in [0.1, 0.15) is 37.2 Å². The highest BCUT2D eigenvalue weighted by atomic mass is 35.5. The summed E-state index contributed by atoms with van der Waals surface area (Å²) in [5, 5.41) is 13.4. The number of nitrogens with one attached hydrogen (secondary N) is 1. The number of aliphatic hydroxyl groups is 1. The van der Waals surface area contributed by atoms with Crippen molar-refractivity contribution in [2.45, 2.75) is 38.8 Å². The first-order valence-corrected chi connectivity index (χ1v) is 7.12. The molecular formula is C14H23ClN2O3. The zero-order chi connectivity index (χ0) is 15.2. The third-order valence-electron chi connectivity index (χ3n) is 3.03. The van der Waals surface area contributed by atoms with Gasteiger partial charge in [-0.15, -0.1) is 0 Å². The van der Waals surface area contributed by atoms with Crippen LogP contribution in [0.15, 0.2) is 12.3 Å². The van der Waals surface area contributed by atoms with Crippen molar-refractivity contribution in [3.8, 4) is 0 Å². The lowest BCUT2D eigenvalue weighted by molar-refractivity contribution is 0.0242. The number of hydrogen-bond acceptors (Lipinski definition) is 3. The molecule has 0 aliphatic heterocycles. The number of halogens is 1. The monoisotopic (exact) mass is 302 g/mol. The molecule has 0 aromatic carbocycles. The molecule has 1 aromatic rings. The summed E-state index contributed by atoms with van der Waals surface area (Å²) in [5.74, 6) is -0.233. The predicted octanol–water partition coefficient (Wildman–Crippen LogP) is 2.07. The first-order valence-electron chi connectivity index (χ1n) is 6.75. The van der Waals surface area contributed by atoms with E-state index in [-0.39, 0.29) is 12.5 Å². The van der Waals surface area contributed by atoms with E-state index in [0.29, 0.717) is 23.7 Å². The number of carbonyl (C=O) groups excluding carboxylic acids is 1. The average molecular weight is 303 g/mol. The van der Waals surface area contributed by atoms with E-state index in [2.05, 4.69) is 5.32 Å². The van der Waals surface area contributed by atoms with Gasteiger partial charge < -0.3 is 19.7 Å². The number of aromatic nitrogens is 1. The molecule has 114 valence electrons. The van der Waals surface area contributed by atoms with Crippen LogP contribution in [0.5, 0.6) is 0 Å². The minimum atomic E-state index is -0.988. The number of amides is 1. The van der Waals surface area contributed by atoms with Crippen LogP contribution in [-0.2, 0) is 11.3 Å². The van der Waals surface area contributed by atoms with Crippen molar-refractivity contribution in [2.75, 3.05) is 20.3 Å². The van der Waals surface area contributed by atoms with E-state index < -0.39 is 5.60 Å². The minimum Gasteiger partial charge on any atom is -0.388 e. The Morgan fingerprint density at radius 2 is 2.30 bits per heavy atom. The van der Waals surface area contributed by atoms with Crippen LogP contribution in [0.2, 0.25) is 5.02 Å². The van der Waals surface area contributed by atoms with E-state index in [0.717, 1.165) is 13.0 Å². The third-order valence-corrected chi connectivity index (χ3v) is 3.24. The van der Waals surface area contributed by atoms with Crippen LogP contribution < -0.4 is 5.32 Å². The number of ether oxygens (including phenoxy) is 1. The topological polar surface area (TPSA) is 63.5 Å². The van der Waals surface area contributed by atoms with Crippen LogP contribution in [0.3, 0.4) is 0 Å². The molecule has 1 atom stereocenters. The van der Waals surface area contributed by atoms with Crippen molar-refractivity contribution >= 4 is 17.5 Å². The molecule has 0 saturated carbocycles. The SMILES string of the molecule is CCCn1cc(Cl)cc1C(=O)NCC(C)(O)CCOC. The van der Waals surface area contributed by atoms with Gasteiger partial charge in [0.25, 0.3) is 5.91 Å². The lowest BCUT2D eigenvalue weighted by Crippen LogP contribution is -2.41. The van der Waals surface area contributed by atoms with Gasteiger partial charge >= 0.3 is 0 Å². The molecule has 0 saturated heterocycles. The van der Waals surface area contributed by atoms with Crippen LogP contribution >= 0.6 is 11.6 Å². The highest BCUT2D eigenvalue weighted by Gasteiger charge is 2.22. The minimum absolute atomic E-state index is 0.171. The highest BCUT2D eigenvalue weighted by molar-refractivity contribution is 6.31. The molecule has 0 radical (unpaired) electrons. The maximum absolute atomic E-state index is 12.1. The highest BCUT2D eigenvalue weighted by Crippen LogP contribution is 2.15. The molecule has 0 bridgehead atoms. The standard InChI is InChI=1S/C14H23ClN2O3/c1-4-6-17-9-11(15)8-12(17)13(18)16-10-14(2,19)5-7-20-3/h8-9,19H,4-7,10H2,1-3H3,(H,16,18). The number of nitrogens with zero attached hydrogens (tertiary/aromatic N) is 1. The Balaban J connectivity index is 2.62. The molecular weight excluding hydrogens is 280 g/mol. The van der Waals surface area contributed by atoms with Gasteiger partial charge in [-0.25, -0.2) is 0 Å². The molecule has 1 aromatic heterocycles. The molecule has 1 unspecified atom stereocenters. The van der Waals surface area contributed by atoms with Gasteiger partial charge in [0.1, 0.15) is 5.69 Å². The van der Waals surface area contributed by atoms with Crippen molar-refractivity contribution in [3.05, 3.63) is 23.0 Å². The molecule has 0 fully saturated rings. The molecule has 0 aliphatic rings. The lowest BCUT2D eigenvalue weighted by Gasteiger charge is -2.23. The number of aryl methyl sites for hydroxylation is 1. The quantitative estimate of drug-likeness (QED) is 0.773. The largest absolute Gasteiger partial charge is 0.388 e. The summed E-state index contributed by atoms with van der Waals surface area (Å²) in [5.41, 5.74) is -0.475. The van der Waals surface area contributed by atoms with E-state index in [1.54, 1.807) is 26.3 Å². The Bertz CT molecular complexity index is 444. The number of hydrogen-bond donors (Lipinski definition) is 2. The third kappa shape index (κ3) is 5.15. The number of rotatable bonds is 8. The van der Waals surface area contributed by atoms with Gasteiger partial charge in [-0.3, -0.25) is 4.79 Å². The van der Waals surface area contributed by atoms with Gasteiger partial charge in [-0.05, 0) is 19.4 Å². The van der Waals surface area contributed by atoms with Crippen LogP contribution in [0.25, 0.3) is 0 Å².